The van der Waals surface area contributed by atoms with E-state index in [1.807, 2.05) is 34.4 Å². The average Bonchev–Trinajstić information content (AvgIpc) is 3.15. The van der Waals surface area contributed by atoms with E-state index in [1.54, 1.807) is 6.92 Å². The molecule has 2 aromatic rings. The molecule has 0 fully saturated rings. The Balaban J connectivity index is 1.88. The number of nitrogens with one attached hydrogen (secondary N) is 1. The van der Waals surface area contributed by atoms with E-state index in [0.29, 0.717) is 26.3 Å². The number of hydroxylamine groups is 2. The third kappa shape index (κ3) is 23.6. The lowest BCUT2D eigenvalue weighted by molar-refractivity contribution is -0.119. The maximum absolute atomic E-state index is 12.1. The van der Waals surface area contributed by atoms with Crippen LogP contribution in [0.15, 0.2) is 60.7 Å². The van der Waals surface area contributed by atoms with Gasteiger partial charge >= 0.3 is 0 Å². The summed E-state index contributed by atoms with van der Waals surface area (Å²) in [5.41, 5.74) is 2.00. The minimum atomic E-state index is -0.157. The van der Waals surface area contributed by atoms with Crippen LogP contribution in [0.5, 0.6) is 0 Å². The molecule has 0 saturated carbocycles. The Kier molecular flexibility index (Phi) is 28.1. The van der Waals surface area contributed by atoms with Gasteiger partial charge in [0.25, 0.3) is 0 Å². The topological polar surface area (TPSA) is 54.0 Å². The molecule has 0 bridgehead atoms. The highest BCUT2D eigenvalue weighted by Crippen LogP contribution is 2.22. The maximum atomic E-state index is 12.1. The van der Waals surface area contributed by atoms with Crippen molar-refractivity contribution < 1.29 is 14.5 Å². The molecule has 0 aliphatic carbocycles. The molecule has 2 aromatic carbocycles. The van der Waals surface area contributed by atoms with E-state index in [0.717, 1.165) is 24.2 Å². The highest BCUT2D eigenvalue weighted by Gasteiger charge is 2.25. The molecule has 0 radical (unpaired) electrons. The van der Waals surface area contributed by atoms with E-state index in [2.05, 4.69) is 55.6 Å². The summed E-state index contributed by atoms with van der Waals surface area (Å²) >= 11 is 0. The second kappa shape index (κ2) is 32.1. The number of benzene rings is 2. The van der Waals surface area contributed by atoms with Gasteiger partial charge in [-0.05, 0) is 37.1 Å². The number of carbonyl (C=O) groups excluding carboxylic acids is 1. The van der Waals surface area contributed by atoms with Crippen LogP contribution in [0.1, 0.15) is 175 Å². The number of hydrogen-bond donors (Lipinski definition) is 1. The predicted octanol–water partition coefficient (Wildman–Crippen LogP) is 12.8. The number of anilines is 2. The smallest absolute Gasteiger partial charge is 0.216 e. The first-order valence-corrected chi connectivity index (χ1v) is 21.3. The standard InChI is InChI=1S/C45H77N3O3/c1-4-6-8-10-12-14-16-18-20-22-24-32-38-50-47(43-34-28-26-29-35-43)41-45(40-46-42(3)49)48(44-36-30-27-31-37-44)51-39-33-25-23-21-19-17-15-13-11-9-7-5-2/h26-31,34-37,45H,4-25,32-33,38-41H2,1-3H3,(H,46,49). The molecule has 1 atom stereocenters. The first-order valence-electron chi connectivity index (χ1n) is 21.3. The molecule has 1 amide bonds. The number of unbranched alkanes of at least 4 members (excludes halogenated alkanes) is 22. The zero-order valence-corrected chi connectivity index (χ0v) is 33.3. The normalized spacial score (nSPS) is 11.8. The van der Waals surface area contributed by atoms with E-state index >= 15 is 0 Å². The fourth-order valence-electron chi connectivity index (χ4n) is 6.69. The summed E-state index contributed by atoms with van der Waals surface area (Å²) in [4.78, 5) is 25.2. The molecule has 0 heterocycles. The molecule has 0 aromatic heterocycles. The Hall–Kier alpha value is -2.57. The highest BCUT2D eigenvalue weighted by atomic mass is 16.7. The lowest BCUT2D eigenvalue weighted by Crippen LogP contribution is -2.50. The van der Waals surface area contributed by atoms with Crippen LogP contribution in [0.4, 0.5) is 11.4 Å². The molecule has 1 unspecified atom stereocenters. The van der Waals surface area contributed by atoms with Gasteiger partial charge in [0.1, 0.15) is 0 Å². The average molecular weight is 708 g/mol. The van der Waals surface area contributed by atoms with Crippen LogP contribution in [0.3, 0.4) is 0 Å². The van der Waals surface area contributed by atoms with Crippen molar-refractivity contribution >= 4 is 17.3 Å². The summed E-state index contributed by atoms with van der Waals surface area (Å²) in [6, 6.07) is 20.5. The van der Waals surface area contributed by atoms with Crippen LogP contribution in [0.2, 0.25) is 0 Å². The van der Waals surface area contributed by atoms with E-state index in [1.165, 1.54) is 141 Å². The SMILES string of the molecule is CCCCCCCCCCCCCCON(CC(CNC(C)=O)N(OCCCCCCCCCCCCCC)c1ccccc1)c1ccccc1. The first kappa shape index (κ1) is 44.6. The van der Waals surface area contributed by atoms with Gasteiger partial charge in [-0.1, -0.05) is 192 Å². The Bertz CT molecular complexity index is 1040. The van der Waals surface area contributed by atoms with Gasteiger partial charge < -0.3 is 5.32 Å². The van der Waals surface area contributed by atoms with Crippen molar-refractivity contribution in [2.45, 2.75) is 181 Å². The minimum absolute atomic E-state index is 0.0438. The van der Waals surface area contributed by atoms with Gasteiger partial charge in [0.15, 0.2) is 0 Å². The lowest BCUT2D eigenvalue weighted by atomic mass is 10.1. The van der Waals surface area contributed by atoms with Crippen LogP contribution in [0, 0.1) is 0 Å². The number of rotatable bonds is 35. The number of para-hydroxylation sites is 2. The van der Waals surface area contributed by atoms with Crippen molar-refractivity contribution in [2.24, 2.45) is 0 Å². The summed E-state index contributed by atoms with van der Waals surface area (Å²) < 4.78 is 0. The Morgan fingerprint density at radius 1 is 0.529 bits per heavy atom. The van der Waals surface area contributed by atoms with Gasteiger partial charge in [0, 0.05) is 13.5 Å². The molecule has 1 N–H and O–H groups in total. The summed E-state index contributed by atoms with van der Waals surface area (Å²) in [6.45, 7) is 8.47. The Morgan fingerprint density at radius 2 is 0.902 bits per heavy atom. The van der Waals surface area contributed by atoms with E-state index in [9.17, 15) is 4.79 Å². The molecular weight excluding hydrogens is 631 g/mol. The largest absolute Gasteiger partial charge is 0.354 e. The lowest BCUT2D eigenvalue weighted by Gasteiger charge is -2.36. The molecule has 6 nitrogen and oxygen atoms in total. The summed E-state index contributed by atoms with van der Waals surface area (Å²) in [5, 5.41) is 7.10. The summed E-state index contributed by atoms with van der Waals surface area (Å²) in [6.07, 6.45) is 31.6. The second-order valence-corrected chi connectivity index (χ2v) is 14.6. The van der Waals surface area contributed by atoms with Crippen LogP contribution in [-0.4, -0.2) is 38.3 Å². The molecule has 0 saturated heterocycles. The van der Waals surface area contributed by atoms with Crippen LogP contribution in [-0.2, 0) is 14.5 Å². The van der Waals surface area contributed by atoms with Crippen molar-refractivity contribution in [3.05, 3.63) is 60.7 Å². The minimum Gasteiger partial charge on any atom is -0.354 e. The van der Waals surface area contributed by atoms with Gasteiger partial charge in [0.2, 0.25) is 5.91 Å². The molecular formula is C45H77N3O3. The van der Waals surface area contributed by atoms with E-state index in [-0.39, 0.29) is 11.9 Å². The van der Waals surface area contributed by atoms with Crippen molar-refractivity contribution in [1.29, 1.82) is 0 Å². The third-order valence-corrected chi connectivity index (χ3v) is 9.82. The fraction of sp³-hybridized carbons (Fsp3) is 0.711. The maximum Gasteiger partial charge on any atom is 0.216 e. The zero-order chi connectivity index (χ0) is 36.5. The monoisotopic (exact) mass is 708 g/mol. The number of nitrogens with zero attached hydrogens (tertiary/aromatic N) is 2. The molecule has 6 heteroatoms. The quantitative estimate of drug-likeness (QED) is 0.0571. The van der Waals surface area contributed by atoms with Crippen molar-refractivity contribution in [2.75, 3.05) is 36.4 Å². The molecule has 0 spiro atoms. The molecule has 51 heavy (non-hydrogen) atoms. The summed E-state index contributed by atoms with van der Waals surface area (Å²) in [5.74, 6) is -0.0438. The van der Waals surface area contributed by atoms with Gasteiger partial charge in [-0.15, -0.1) is 0 Å². The number of carbonyl (C=O) groups is 1. The molecule has 0 aliphatic heterocycles. The van der Waals surface area contributed by atoms with Crippen molar-refractivity contribution in [1.82, 2.24) is 5.32 Å². The highest BCUT2D eigenvalue weighted by molar-refractivity contribution is 5.72. The second-order valence-electron chi connectivity index (χ2n) is 14.6. The van der Waals surface area contributed by atoms with Gasteiger partial charge in [-0.2, -0.15) is 0 Å². The zero-order valence-electron chi connectivity index (χ0n) is 33.3. The first-order chi connectivity index (χ1) is 25.2. The van der Waals surface area contributed by atoms with Gasteiger partial charge in [-0.3, -0.25) is 19.5 Å². The fourth-order valence-corrected chi connectivity index (χ4v) is 6.69. The third-order valence-electron chi connectivity index (χ3n) is 9.82. The Morgan fingerprint density at radius 3 is 1.31 bits per heavy atom. The van der Waals surface area contributed by atoms with Gasteiger partial charge in [-0.25, -0.2) is 5.06 Å². The molecule has 290 valence electrons. The van der Waals surface area contributed by atoms with Crippen molar-refractivity contribution in [3.8, 4) is 0 Å². The Labute approximate surface area is 314 Å². The van der Waals surface area contributed by atoms with Crippen LogP contribution < -0.4 is 15.4 Å². The summed E-state index contributed by atoms with van der Waals surface area (Å²) in [7, 11) is 0. The predicted molar refractivity (Wildman–Crippen MR) is 219 cm³/mol. The molecule has 0 aliphatic rings. The van der Waals surface area contributed by atoms with E-state index < -0.39 is 0 Å². The number of amides is 1. The molecule has 2 rings (SSSR count). The van der Waals surface area contributed by atoms with Gasteiger partial charge in [0.05, 0.1) is 37.2 Å². The van der Waals surface area contributed by atoms with Crippen molar-refractivity contribution in [3.63, 3.8) is 0 Å². The van der Waals surface area contributed by atoms with E-state index in [4.69, 9.17) is 9.68 Å². The van der Waals surface area contributed by atoms with Crippen LogP contribution in [0.25, 0.3) is 0 Å². The number of hydrogen-bond acceptors (Lipinski definition) is 5. The van der Waals surface area contributed by atoms with Crippen LogP contribution >= 0.6 is 0 Å².